The van der Waals surface area contributed by atoms with E-state index in [0.29, 0.717) is 6.42 Å². The lowest BCUT2D eigenvalue weighted by Gasteiger charge is -2.62. The molecule has 1 saturated carbocycles. The summed E-state index contributed by atoms with van der Waals surface area (Å²) < 4.78 is 17.5. The molecule has 0 spiro atoms. The van der Waals surface area contributed by atoms with Gasteiger partial charge in [0.1, 0.15) is 5.76 Å². The second kappa shape index (κ2) is 10.0. The molecule has 6 heteroatoms. The number of nitrogens with one attached hydrogen (secondary N) is 1. The summed E-state index contributed by atoms with van der Waals surface area (Å²) in [7, 11) is 1.76. The number of hydrogen-bond donors (Lipinski definition) is 2. The molecule has 0 bridgehead atoms. The number of fused-ring (bicyclic) bond motifs is 1. The molecule has 2 fully saturated rings. The smallest absolute Gasteiger partial charge is 0.231 e. The first-order valence-corrected chi connectivity index (χ1v) is 16.6. The summed E-state index contributed by atoms with van der Waals surface area (Å²) in [5.74, 6) is 3.32. The zero-order valence-electron chi connectivity index (χ0n) is 27.5. The molecule has 236 valence electrons. The van der Waals surface area contributed by atoms with Crippen LogP contribution in [-0.4, -0.2) is 31.0 Å². The third-order valence-corrected chi connectivity index (χ3v) is 12.8. The summed E-state index contributed by atoms with van der Waals surface area (Å²) in [4.78, 5) is 13.5. The Bertz CT molecular complexity index is 1540. The highest BCUT2D eigenvalue weighted by Crippen LogP contribution is 2.70. The van der Waals surface area contributed by atoms with Gasteiger partial charge in [-0.25, -0.2) is 0 Å². The van der Waals surface area contributed by atoms with Crippen molar-refractivity contribution < 1.29 is 23.8 Å². The Morgan fingerprint density at radius 1 is 1.07 bits per heavy atom. The van der Waals surface area contributed by atoms with Crippen LogP contribution in [0.2, 0.25) is 0 Å². The van der Waals surface area contributed by atoms with Crippen LogP contribution in [0.25, 0.3) is 0 Å². The topological polar surface area (TPSA) is 80.9 Å². The molecular formula is C38H49NO5. The zero-order valence-corrected chi connectivity index (χ0v) is 27.5. The van der Waals surface area contributed by atoms with Gasteiger partial charge in [0.25, 0.3) is 0 Å². The lowest BCUT2D eigenvalue weighted by molar-refractivity contribution is -0.139. The molecule has 1 aromatic rings. The molecule has 2 N–H and O–H groups in total. The quantitative estimate of drug-likeness (QED) is 0.345. The van der Waals surface area contributed by atoms with E-state index in [2.05, 4.69) is 83.3 Å². The Balaban J connectivity index is 1.30. The molecule has 7 unspecified atom stereocenters. The van der Waals surface area contributed by atoms with Gasteiger partial charge >= 0.3 is 0 Å². The highest BCUT2D eigenvalue weighted by atomic mass is 16.7. The van der Waals surface area contributed by atoms with Gasteiger partial charge in [-0.3, -0.25) is 4.79 Å². The zero-order chi connectivity index (χ0) is 31.2. The van der Waals surface area contributed by atoms with Gasteiger partial charge in [-0.05, 0) is 110 Å². The summed E-state index contributed by atoms with van der Waals surface area (Å²) >= 11 is 0. The third-order valence-electron chi connectivity index (χ3n) is 12.8. The minimum Gasteiger partial charge on any atom is -0.468 e. The SMILES string of the molecule is CNC(=O)C1(C)C=CC2=CCC(C)(C)CC3C(C)(C4=C(C)[C@H](c5ccoc5C5C=C6OCOC6=CC5)CC4O)CCC1C23C. The molecule has 1 aliphatic heterocycles. The van der Waals surface area contributed by atoms with E-state index >= 15 is 0 Å². The number of hydrogen-bond acceptors (Lipinski definition) is 5. The van der Waals surface area contributed by atoms with E-state index in [4.69, 9.17) is 13.9 Å². The maximum absolute atomic E-state index is 13.5. The molecule has 1 saturated heterocycles. The number of ether oxygens (including phenoxy) is 2. The summed E-state index contributed by atoms with van der Waals surface area (Å²) in [6.07, 6.45) is 17.8. The molecule has 6 aliphatic rings. The van der Waals surface area contributed by atoms with Crippen LogP contribution in [0, 0.1) is 33.5 Å². The van der Waals surface area contributed by atoms with Crippen LogP contribution in [0.1, 0.15) is 103 Å². The number of rotatable bonds is 4. The van der Waals surface area contributed by atoms with Gasteiger partial charge in [-0.1, -0.05) is 51.5 Å². The second-order valence-electron chi connectivity index (χ2n) is 15.8. The van der Waals surface area contributed by atoms with Crippen LogP contribution in [0.15, 0.2) is 75.4 Å². The Morgan fingerprint density at radius 2 is 1.84 bits per heavy atom. The lowest BCUT2D eigenvalue weighted by atomic mass is 9.41. The van der Waals surface area contributed by atoms with E-state index in [1.54, 1.807) is 13.3 Å². The van der Waals surface area contributed by atoms with Crippen LogP contribution in [0.4, 0.5) is 0 Å². The van der Waals surface area contributed by atoms with Crippen LogP contribution in [0.3, 0.4) is 0 Å². The van der Waals surface area contributed by atoms with E-state index < -0.39 is 11.5 Å². The van der Waals surface area contributed by atoms with Gasteiger partial charge in [-0.2, -0.15) is 0 Å². The van der Waals surface area contributed by atoms with E-state index in [1.807, 2.05) is 0 Å². The molecule has 7 rings (SSSR count). The van der Waals surface area contributed by atoms with Crippen molar-refractivity contribution in [1.82, 2.24) is 5.32 Å². The maximum atomic E-state index is 13.5. The predicted octanol–water partition coefficient (Wildman–Crippen LogP) is 7.81. The monoisotopic (exact) mass is 599 g/mol. The normalized spacial score (nSPS) is 40.5. The van der Waals surface area contributed by atoms with Crippen molar-refractivity contribution in [1.29, 1.82) is 0 Å². The van der Waals surface area contributed by atoms with Crippen molar-refractivity contribution in [2.24, 2.45) is 33.5 Å². The molecule has 44 heavy (non-hydrogen) atoms. The van der Waals surface area contributed by atoms with Crippen LogP contribution < -0.4 is 5.32 Å². The van der Waals surface area contributed by atoms with Crippen molar-refractivity contribution in [2.45, 2.75) is 98.0 Å². The second-order valence-corrected chi connectivity index (χ2v) is 15.8. The minimum atomic E-state index is -0.572. The molecule has 8 atom stereocenters. The van der Waals surface area contributed by atoms with Gasteiger partial charge in [0.2, 0.25) is 12.7 Å². The average molecular weight is 600 g/mol. The maximum Gasteiger partial charge on any atom is 0.231 e. The van der Waals surface area contributed by atoms with Gasteiger partial charge in [0.05, 0.1) is 17.8 Å². The molecular weight excluding hydrogens is 550 g/mol. The summed E-state index contributed by atoms with van der Waals surface area (Å²) in [6, 6.07) is 2.11. The Morgan fingerprint density at radius 3 is 2.61 bits per heavy atom. The molecule has 1 amide bonds. The standard InChI is InChI=1S/C38H49NO5/c1-22-26(25-13-17-42-33(25)23-8-9-28-29(18-23)44-21-43-28)19-27(40)32(22)36(4)16-12-30-37(5,34(41)39-7)15-11-24-10-14-35(2,3)20-31(36)38(24,30)6/h9-11,13,15,17-18,23,26-27,30-31,40H,8,12,14,16,19-21H2,1-7H3,(H,39,41)/t23?,26-,27?,30?,31?,36?,37?,38?/m1/s1. The average Bonchev–Trinajstić information content (AvgIpc) is 3.70. The highest BCUT2D eigenvalue weighted by molar-refractivity contribution is 5.85. The lowest BCUT2D eigenvalue weighted by Crippen LogP contribution is -2.59. The Kier molecular flexibility index (Phi) is 6.75. The molecule has 6 nitrogen and oxygen atoms in total. The summed E-state index contributed by atoms with van der Waals surface area (Å²) in [6.45, 7) is 14.3. The number of carbonyl (C=O) groups excluding carboxylic acids is 1. The molecule has 1 aromatic heterocycles. The van der Waals surface area contributed by atoms with Crippen molar-refractivity contribution in [2.75, 3.05) is 13.8 Å². The molecule has 0 radical (unpaired) electrons. The number of amides is 1. The van der Waals surface area contributed by atoms with Crippen LogP contribution in [0.5, 0.6) is 0 Å². The Labute approximate surface area is 262 Å². The molecule has 2 heterocycles. The summed E-state index contributed by atoms with van der Waals surface area (Å²) in [5, 5.41) is 15.0. The Hall–Kier alpha value is -2.99. The molecule has 0 aromatic carbocycles. The van der Waals surface area contributed by atoms with E-state index in [1.165, 1.54) is 22.3 Å². The van der Waals surface area contributed by atoms with Crippen molar-refractivity contribution in [3.8, 4) is 0 Å². The first-order valence-electron chi connectivity index (χ1n) is 16.6. The largest absolute Gasteiger partial charge is 0.468 e. The fraction of sp³-hybridized carbons (Fsp3) is 0.605. The van der Waals surface area contributed by atoms with Crippen molar-refractivity contribution in [3.05, 3.63) is 82.3 Å². The number of allylic oxidation sites excluding steroid dienone is 6. The van der Waals surface area contributed by atoms with Gasteiger partial charge < -0.3 is 24.3 Å². The molecule has 5 aliphatic carbocycles. The number of aliphatic hydroxyl groups is 1. The number of aliphatic hydroxyl groups excluding tert-OH is 1. The first-order chi connectivity index (χ1) is 20.8. The van der Waals surface area contributed by atoms with Crippen LogP contribution >= 0.6 is 0 Å². The number of furan rings is 1. The van der Waals surface area contributed by atoms with Crippen LogP contribution in [-0.2, 0) is 14.3 Å². The van der Waals surface area contributed by atoms with Crippen molar-refractivity contribution in [3.63, 3.8) is 0 Å². The van der Waals surface area contributed by atoms with E-state index in [9.17, 15) is 9.90 Å². The van der Waals surface area contributed by atoms with Crippen molar-refractivity contribution >= 4 is 5.91 Å². The van der Waals surface area contributed by atoms with E-state index in [-0.39, 0.29) is 52.6 Å². The number of carbonyl (C=O) groups is 1. The predicted molar refractivity (Wildman–Crippen MR) is 170 cm³/mol. The van der Waals surface area contributed by atoms with Gasteiger partial charge in [0.15, 0.2) is 11.5 Å². The summed E-state index contributed by atoms with van der Waals surface area (Å²) in [5.41, 5.74) is 4.21. The third kappa shape index (κ3) is 4.12. The van der Waals surface area contributed by atoms with Gasteiger partial charge in [-0.15, -0.1) is 0 Å². The van der Waals surface area contributed by atoms with E-state index in [0.717, 1.165) is 49.4 Å². The first kappa shape index (κ1) is 29.7. The highest BCUT2D eigenvalue weighted by Gasteiger charge is 2.64. The minimum absolute atomic E-state index is 0.0751. The fourth-order valence-corrected chi connectivity index (χ4v) is 10.6. The fourth-order valence-electron chi connectivity index (χ4n) is 10.6. The van der Waals surface area contributed by atoms with Gasteiger partial charge in [0, 0.05) is 24.4 Å².